The number of aryl methyl sites for hydroxylation is 1. The highest BCUT2D eigenvalue weighted by atomic mass is 32.1. The normalized spacial score (nSPS) is 16.0. The van der Waals surface area contributed by atoms with Crippen molar-refractivity contribution < 1.29 is 9.53 Å². The van der Waals surface area contributed by atoms with Crippen molar-refractivity contribution in [3.05, 3.63) is 150 Å². The minimum absolute atomic E-state index is 0.0773. The van der Waals surface area contributed by atoms with E-state index >= 15 is 0 Å². The Morgan fingerprint density at radius 3 is 2.41 bits per heavy atom. The molecule has 1 aliphatic rings. The lowest BCUT2D eigenvalue weighted by Gasteiger charge is -2.28. The average molecular weight is 624 g/mol. The quantitative estimate of drug-likeness (QED) is 0.168. The molecule has 2 aromatic heterocycles. The maximum atomic E-state index is 12.6. The van der Waals surface area contributed by atoms with E-state index in [4.69, 9.17) is 21.9 Å². The summed E-state index contributed by atoms with van der Waals surface area (Å²) in [5.41, 5.74) is 7.07. The van der Waals surface area contributed by atoms with E-state index in [9.17, 15) is 4.79 Å². The third kappa shape index (κ3) is 5.59. The first-order chi connectivity index (χ1) is 22.5. The number of nitrogens with zero attached hydrogens (tertiary/aromatic N) is 3. The van der Waals surface area contributed by atoms with Crippen molar-refractivity contribution in [1.82, 2.24) is 14.9 Å². The predicted molar refractivity (Wildman–Crippen MR) is 188 cm³/mol. The van der Waals surface area contributed by atoms with Gasteiger partial charge in [-0.1, -0.05) is 60.7 Å². The van der Waals surface area contributed by atoms with Crippen LogP contribution < -0.4 is 20.3 Å². The van der Waals surface area contributed by atoms with Gasteiger partial charge in [0.15, 0.2) is 11.7 Å². The number of benzene rings is 4. The number of anilines is 2. The topological polar surface area (TPSA) is 71.4 Å². The zero-order chi connectivity index (χ0) is 31.6. The molecule has 0 unspecified atom stereocenters. The second-order valence-corrected chi connectivity index (χ2v) is 11.7. The van der Waals surface area contributed by atoms with Crippen LogP contribution in [0, 0.1) is 13.8 Å². The number of hydrogen-bond donors (Lipinski definition) is 2. The van der Waals surface area contributed by atoms with Crippen molar-refractivity contribution in [1.29, 1.82) is 0 Å². The molecule has 4 aromatic carbocycles. The smallest absolute Gasteiger partial charge is 0.262 e. The van der Waals surface area contributed by atoms with Gasteiger partial charge in [-0.05, 0) is 97.7 Å². The zero-order valence-electron chi connectivity index (χ0n) is 25.6. The fourth-order valence-electron chi connectivity index (χ4n) is 6.38. The van der Waals surface area contributed by atoms with Gasteiger partial charge in [-0.3, -0.25) is 9.78 Å². The van der Waals surface area contributed by atoms with Crippen LogP contribution in [0.25, 0.3) is 16.5 Å². The molecule has 1 fully saturated rings. The Morgan fingerprint density at radius 2 is 1.63 bits per heavy atom. The zero-order valence-corrected chi connectivity index (χ0v) is 26.4. The van der Waals surface area contributed by atoms with Crippen LogP contribution in [-0.2, 0) is 4.79 Å². The molecule has 0 bridgehead atoms. The molecule has 0 radical (unpaired) electrons. The standard InChI is InChI=1S/C38H33N5O2S/c1-25-23-32(26(2)42(25)34-17-10-12-27-11-6-7-15-31(27)34)37-36(33-16-8-9-22-39-33)41-38(46)43(37)29-20-18-28(19-21-29)40-35(44)24-45-30-13-4-3-5-14-30/h3-23,36-37H,24H2,1-2H3,(H,40,44)(H,41,46)/t36-,37+/m0/s1. The molecule has 0 aliphatic carbocycles. The maximum absolute atomic E-state index is 12.6. The maximum Gasteiger partial charge on any atom is 0.262 e. The van der Waals surface area contributed by atoms with E-state index in [2.05, 4.69) is 82.5 Å². The highest BCUT2D eigenvalue weighted by Crippen LogP contribution is 2.44. The van der Waals surface area contributed by atoms with Crippen molar-refractivity contribution in [2.75, 3.05) is 16.8 Å². The molecule has 2 N–H and O–H groups in total. The summed E-state index contributed by atoms with van der Waals surface area (Å²) >= 11 is 5.99. The number of rotatable bonds is 8. The van der Waals surface area contributed by atoms with Crippen molar-refractivity contribution in [2.24, 2.45) is 0 Å². The van der Waals surface area contributed by atoms with Gasteiger partial charge in [0, 0.05) is 34.3 Å². The summed E-state index contributed by atoms with van der Waals surface area (Å²) in [5, 5.41) is 9.51. The number of carbonyl (C=O) groups is 1. The first-order valence-electron chi connectivity index (χ1n) is 15.2. The summed E-state index contributed by atoms with van der Waals surface area (Å²) in [6, 6.07) is 39.8. The van der Waals surface area contributed by atoms with Gasteiger partial charge in [0.1, 0.15) is 5.75 Å². The van der Waals surface area contributed by atoms with E-state index in [1.165, 1.54) is 10.8 Å². The number of para-hydroxylation sites is 1. The minimum Gasteiger partial charge on any atom is -0.484 e. The fourth-order valence-corrected chi connectivity index (χ4v) is 6.72. The molecule has 1 amide bonds. The molecule has 8 heteroatoms. The van der Waals surface area contributed by atoms with Crippen molar-refractivity contribution >= 4 is 45.4 Å². The monoisotopic (exact) mass is 623 g/mol. The van der Waals surface area contributed by atoms with Crippen LogP contribution in [0.15, 0.2) is 128 Å². The predicted octanol–water partition coefficient (Wildman–Crippen LogP) is 7.84. The number of carbonyl (C=O) groups excluding carboxylic acids is 1. The first-order valence-corrected chi connectivity index (χ1v) is 15.6. The van der Waals surface area contributed by atoms with Crippen LogP contribution in [-0.4, -0.2) is 27.2 Å². The Kier molecular flexibility index (Phi) is 7.95. The average Bonchev–Trinajstić information content (AvgIpc) is 3.59. The molecule has 3 heterocycles. The summed E-state index contributed by atoms with van der Waals surface area (Å²) in [5.74, 6) is 0.417. The molecule has 1 aliphatic heterocycles. The number of fused-ring (bicyclic) bond motifs is 1. The molecular weight excluding hydrogens is 591 g/mol. The van der Waals surface area contributed by atoms with Gasteiger partial charge in [0.05, 0.1) is 23.5 Å². The summed E-state index contributed by atoms with van der Waals surface area (Å²) in [6.07, 6.45) is 1.82. The summed E-state index contributed by atoms with van der Waals surface area (Å²) in [6.45, 7) is 4.25. The summed E-state index contributed by atoms with van der Waals surface area (Å²) in [4.78, 5) is 19.5. The summed E-state index contributed by atoms with van der Waals surface area (Å²) < 4.78 is 7.94. The van der Waals surface area contributed by atoms with Crippen molar-refractivity contribution in [2.45, 2.75) is 25.9 Å². The molecule has 1 saturated heterocycles. The number of hydrogen-bond acceptors (Lipinski definition) is 4. The first kappa shape index (κ1) is 29.3. The Morgan fingerprint density at radius 1 is 0.891 bits per heavy atom. The molecule has 46 heavy (non-hydrogen) atoms. The largest absolute Gasteiger partial charge is 0.484 e. The second kappa shape index (κ2) is 12.5. The molecule has 228 valence electrons. The molecular formula is C38H33N5O2S. The number of nitrogens with one attached hydrogen (secondary N) is 2. The number of ether oxygens (including phenoxy) is 1. The Balaban J connectivity index is 1.22. The molecule has 7 nitrogen and oxygen atoms in total. The van der Waals surface area contributed by atoms with Crippen LogP contribution >= 0.6 is 12.2 Å². The fraction of sp³-hybridized carbons (Fsp3) is 0.132. The van der Waals surface area contributed by atoms with Crippen molar-refractivity contribution in [3.8, 4) is 11.4 Å². The molecule has 0 spiro atoms. The number of pyridine rings is 1. The van der Waals surface area contributed by atoms with Crippen LogP contribution in [0.3, 0.4) is 0 Å². The minimum atomic E-state index is -0.232. The van der Waals surface area contributed by atoms with Gasteiger partial charge >= 0.3 is 0 Å². The third-order valence-electron chi connectivity index (χ3n) is 8.44. The van der Waals surface area contributed by atoms with Gasteiger partial charge in [-0.25, -0.2) is 0 Å². The van der Waals surface area contributed by atoms with Gasteiger partial charge < -0.3 is 24.8 Å². The number of amides is 1. The third-order valence-corrected chi connectivity index (χ3v) is 8.75. The van der Waals surface area contributed by atoms with E-state index in [1.54, 1.807) is 0 Å². The van der Waals surface area contributed by atoms with Gasteiger partial charge in [-0.15, -0.1) is 0 Å². The highest BCUT2D eigenvalue weighted by molar-refractivity contribution is 7.80. The van der Waals surface area contributed by atoms with E-state index in [0.29, 0.717) is 16.5 Å². The number of aromatic nitrogens is 2. The van der Waals surface area contributed by atoms with Crippen LogP contribution in [0.4, 0.5) is 11.4 Å². The lowest BCUT2D eigenvalue weighted by molar-refractivity contribution is -0.118. The lowest BCUT2D eigenvalue weighted by atomic mass is 9.96. The SMILES string of the molecule is Cc1cc([C@@H]2[C@H](c3ccccn3)NC(=S)N2c2ccc(NC(=O)COc3ccccc3)cc2)c(C)n1-c1cccc2ccccc12. The molecule has 0 saturated carbocycles. The molecule has 7 rings (SSSR count). The van der Waals surface area contributed by atoms with Gasteiger partial charge in [0.25, 0.3) is 5.91 Å². The van der Waals surface area contributed by atoms with Crippen molar-refractivity contribution in [3.63, 3.8) is 0 Å². The lowest BCUT2D eigenvalue weighted by Crippen LogP contribution is -2.29. The van der Waals surface area contributed by atoms with Gasteiger partial charge in [0.2, 0.25) is 0 Å². The van der Waals surface area contributed by atoms with Crippen LogP contribution in [0.5, 0.6) is 5.75 Å². The highest BCUT2D eigenvalue weighted by Gasteiger charge is 2.42. The second-order valence-electron chi connectivity index (χ2n) is 11.4. The Labute approximate surface area is 273 Å². The van der Waals surface area contributed by atoms with E-state index in [1.807, 2.05) is 79.0 Å². The molecule has 2 atom stereocenters. The number of thiocarbonyl (C=S) groups is 1. The molecule has 6 aromatic rings. The van der Waals surface area contributed by atoms with E-state index in [-0.39, 0.29) is 24.6 Å². The summed E-state index contributed by atoms with van der Waals surface area (Å²) in [7, 11) is 0. The van der Waals surface area contributed by atoms with Crippen LogP contribution in [0.2, 0.25) is 0 Å². The Hall–Kier alpha value is -5.47. The van der Waals surface area contributed by atoms with E-state index in [0.717, 1.165) is 34.0 Å². The van der Waals surface area contributed by atoms with Crippen LogP contribution in [0.1, 0.15) is 34.7 Å². The van der Waals surface area contributed by atoms with Gasteiger partial charge in [-0.2, -0.15) is 0 Å². The van der Waals surface area contributed by atoms with E-state index < -0.39 is 0 Å². The Bertz CT molecular complexity index is 2020.